The molecule has 1 aliphatic heterocycles. The highest BCUT2D eigenvalue weighted by molar-refractivity contribution is 6.18. The number of hydrogen-bond donors (Lipinski definition) is 6. The highest BCUT2D eigenvalue weighted by atomic mass is 35.5. The van der Waals surface area contributed by atoms with Crippen LogP contribution in [0.25, 0.3) is 0 Å². The van der Waals surface area contributed by atoms with Crippen LogP contribution >= 0.6 is 11.6 Å². The molecule has 0 spiro atoms. The van der Waals surface area contributed by atoms with E-state index >= 15 is 0 Å². The van der Waals surface area contributed by atoms with E-state index in [2.05, 4.69) is 5.32 Å². The maximum absolute atomic E-state index is 12.4. The second-order valence-corrected chi connectivity index (χ2v) is 7.21. The second-order valence-electron chi connectivity index (χ2n) is 6.83. The molecular formula is C17H33ClN2O8. The summed E-state index contributed by atoms with van der Waals surface area (Å²) < 4.78 is 10.4. The van der Waals surface area contributed by atoms with Crippen LogP contribution in [0, 0.1) is 0 Å². The topological polar surface area (TPSA) is 152 Å². The monoisotopic (exact) mass is 428 g/mol. The van der Waals surface area contributed by atoms with E-state index in [4.69, 9.17) is 21.1 Å². The molecule has 1 rings (SSSR count). The summed E-state index contributed by atoms with van der Waals surface area (Å²) in [5, 5.41) is 54.5. The Balaban J connectivity index is 3.02. The number of urea groups is 1. The number of rotatable bonds is 11. The number of aliphatic hydroxyl groups excluding tert-OH is 4. The zero-order valence-electron chi connectivity index (χ0n) is 16.3. The lowest BCUT2D eigenvalue weighted by Gasteiger charge is -2.48. The molecule has 0 aromatic rings. The van der Waals surface area contributed by atoms with Crippen molar-refractivity contribution in [2.24, 2.45) is 0 Å². The van der Waals surface area contributed by atoms with Crippen LogP contribution in [0.3, 0.4) is 0 Å². The number of amides is 2. The SMILES string of the molecule is CCCC[C@@]1(O)O[C@H](C(O)N(CCCOC)C(=O)NCCCl)[C@@H](O)[C@H](O)[C@H]1O. The van der Waals surface area contributed by atoms with Crippen molar-refractivity contribution in [1.29, 1.82) is 0 Å². The number of nitrogens with zero attached hydrogens (tertiary/aromatic N) is 1. The van der Waals surface area contributed by atoms with Crippen LogP contribution in [-0.4, -0.2) is 106 Å². The first-order valence-corrected chi connectivity index (χ1v) is 9.98. The summed E-state index contributed by atoms with van der Waals surface area (Å²) in [6.45, 7) is 2.41. The molecule has 2 amide bonds. The Bertz CT molecular complexity index is 474. The van der Waals surface area contributed by atoms with Gasteiger partial charge in [0.15, 0.2) is 12.0 Å². The van der Waals surface area contributed by atoms with Gasteiger partial charge < -0.3 is 40.3 Å². The first kappa shape index (κ1) is 25.3. The number of alkyl halides is 1. The minimum absolute atomic E-state index is 0.0141. The number of halogens is 1. The molecule has 0 aromatic carbocycles. The maximum Gasteiger partial charge on any atom is 0.319 e. The first-order chi connectivity index (χ1) is 13.2. The molecule has 0 radical (unpaired) electrons. The van der Waals surface area contributed by atoms with Gasteiger partial charge in [-0.2, -0.15) is 0 Å². The van der Waals surface area contributed by atoms with Crippen LogP contribution in [0.2, 0.25) is 0 Å². The molecule has 0 aliphatic carbocycles. The molecule has 0 bridgehead atoms. The molecule has 11 heteroatoms. The van der Waals surface area contributed by atoms with E-state index in [0.717, 1.165) is 4.90 Å². The molecule has 1 saturated heterocycles. The summed E-state index contributed by atoms with van der Waals surface area (Å²) in [6, 6.07) is -0.655. The van der Waals surface area contributed by atoms with Gasteiger partial charge in [-0.15, -0.1) is 11.6 Å². The molecule has 1 unspecified atom stereocenters. The lowest BCUT2D eigenvalue weighted by atomic mass is 9.88. The van der Waals surface area contributed by atoms with Gasteiger partial charge in [-0.25, -0.2) is 4.79 Å². The predicted octanol–water partition coefficient (Wildman–Crippen LogP) is -1.05. The van der Waals surface area contributed by atoms with Gasteiger partial charge in [-0.3, -0.25) is 4.90 Å². The van der Waals surface area contributed by atoms with Crippen molar-refractivity contribution < 1.29 is 39.8 Å². The molecule has 0 saturated carbocycles. The Hall–Kier alpha value is -0.720. The van der Waals surface area contributed by atoms with Crippen LogP contribution in [0.5, 0.6) is 0 Å². The number of carbonyl (C=O) groups is 1. The Morgan fingerprint density at radius 1 is 1.32 bits per heavy atom. The van der Waals surface area contributed by atoms with Gasteiger partial charge in [0.2, 0.25) is 0 Å². The number of aliphatic hydroxyl groups is 5. The fourth-order valence-electron chi connectivity index (χ4n) is 3.06. The predicted molar refractivity (Wildman–Crippen MR) is 101 cm³/mol. The smallest absolute Gasteiger partial charge is 0.319 e. The van der Waals surface area contributed by atoms with Crippen LogP contribution in [-0.2, 0) is 9.47 Å². The maximum atomic E-state index is 12.4. The summed E-state index contributed by atoms with van der Waals surface area (Å²) in [7, 11) is 1.49. The van der Waals surface area contributed by atoms with Crippen molar-refractivity contribution in [1.82, 2.24) is 10.2 Å². The Labute approximate surface area is 170 Å². The lowest BCUT2D eigenvalue weighted by Crippen LogP contribution is -2.69. The molecular weight excluding hydrogens is 396 g/mol. The molecule has 0 aromatic heterocycles. The van der Waals surface area contributed by atoms with E-state index in [1.54, 1.807) is 0 Å². The normalized spacial score (nSPS) is 31.4. The van der Waals surface area contributed by atoms with Crippen molar-refractivity contribution in [2.45, 2.75) is 69.0 Å². The third-order valence-electron chi connectivity index (χ3n) is 4.69. The summed E-state index contributed by atoms with van der Waals surface area (Å²) in [5.74, 6) is -2.00. The number of nitrogens with one attached hydrogen (secondary N) is 1. The molecule has 166 valence electrons. The fraction of sp³-hybridized carbons (Fsp3) is 0.941. The van der Waals surface area contributed by atoms with Crippen LogP contribution in [0.4, 0.5) is 4.79 Å². The first-order valence-electron chi connectivity index (χ1n) is 9.45. The number of unbranched alkanes of at least 4 members (excludes halogenated alkanes) is 1. The summed E-state index contributed by atoms with van der Waals surface area (Å²) in [4.78, 5) is 13.4. The number of ether oxygens (including phenoxy) is 2. The third-order valence-corrected chi connectivity index (χ3v) is 4.88. The highest BCUT2D eigenvalue weighted by Crippen LogP contribution is 2.34. The third kappa shape index (κ3) is 6.39. The zero-order valence-corrected chi connectivity index (χ0v) is 17.1. The van der Waals surface area contributed by atoms with Crippen LogP contribution < -0.4 is 5.32 Å². The highest BCUT2D eigenvalue weighted by Gasteiger charge is 2.55. The number of carbonyl (C=O) groups excluding carboxylic acids is 1. The molecule has 6 N–H and O–H groups in total. The Morgan fingerprint density at radius 2 is 2.00 bits per heavy atom. The average Bonchev–Trinajstić information content (AvgIpc) is 2.68. The molecule has 6 atom stereocenters. The van der Waals surface area contributed by atoms with Gasteiger partial charge in [0.25, 0.3) is 0 Å². The van der Waals surface area contributed by atoms with E-state index in [0.29, 0.717) is 25.9 Å². The Morgan fingerprint density at radius 3 is 2.57 bits per heavy atom. The quantitative estimate of drug-likeness (QED) is 0.138. The average molecular weight is 429 g/mol. The number of methoxy groups -OCH3 is 1. The van der Waals surface area contributed by atoms with Crippen LogP contribution in [0.1, 0.15) is 32.6 Å². The standard InChI is InChI=1S/C17H33ClN2O8/c1-3-4-6-17(26)14(23)12(22)11(21)13(28-17)15(24)20(9-5-10-27-2)16(25)19-8-7-18/h11-15,21-24,26H,3-10H2,1-2H3,(H,19,25)/t11-,12-,13-,14+,15?,17+/m0/s1. The lowest BCUT2D eigenvalue weighted by molar-refractivity contribution is -0.364. The van der Waals surface area contributed by atoms with Gasteiger partial charge in [-0.05, 0) is 12.8 Å². The van der Waals surface area contributed by atoms with E-state index in [-0.39, 0.29) is 25.4 Å². The molecule has 1 fully saturated rings. The van der Waals surface area contributed by atoms with E-state index in [9.17, 15) is 30.3 Å². The van der Waals surface area contributed by atoms with E-state index in [1.807, 2.05) is 6.92 Å². The van der Waals surface area contributed by atoms with E-state index < -0.39 is 42.5 Å². The summed E-state index contributed by atoms with van der Waals surface area (Å²) in [6.07, 6.45) is -6.94. The fourth-order valence-corrected chi connectivity index (χ4v) is 3.16. The molecule has 28 heavy (non-hydrogen) atoms. The minimum atomic E-state index is -2.16. The van der Waals surface area contributed by atoms with Crippen molar-refractivity contribution in [3.63, 3.8) is 0 Å². The van der Waals surface area contributed by atoms with Crippen LogP contribution in [0.15, 0.2) is 0 Å². The molecule has 1 aliphatic rings. The van der Waals surface area contributed by atoms with Crippen molar-refractivity contribution in [2.75, 3.05) is 32.7 Å². The second kappa shape index (κ2) is 12.1. The van der Waals surface area contributed by atoms with Gasteiger partial charge in [0, 0.05) is 39.1 Å². The summed E-state index contributed by atoms with van der Waals surface area (Å²) >= 11 is 5.58. The number of hydrogen-bond acceptors (Lipinski definition) is 8. The van der Waals surface area contributed by atoms with Gasteiger partial charge in [-0.1, -0.05) is 13.3 Å². The van der Waals surface area contributed by atoms with Crippen molar-refractivity contribution in [3.8, 4) is 0 Å². The van der Waals surface area contributed by atoms with Gasteiger partial charge in [0.1, 0.15) is 24.4 Å². The summed E-state index contributed by atoms with van der Waals surface area (Å²) in [5.41, 5.74) is 0. The Kier molecular flexibility index (Phi) is 10.9. The van der Waals surface area contributed by atoms with Crippen molar-refractivity contribution >= 4 is 17.6 Å². The van der Waals surface area contributed by atoms with Gasteiger partial charge in [0.05, 0.1) is 0 Å². The van der Waals surface area contributed by atoms with Crippen molar-refractivity contribution in [3.05, 3.63) is 0 Å². The molecule has 1 heterocycles. The minimum Gasteiger partial charge on any atom is -0.387 e. The van der Waals surface area contributed by atoms with Gasteiger partial charge >= 0.3 is 6.03 Å². The zero-order chi connectivity index (χ0) is 21.3. The molecule has 10 nitrogen and oxygen atoms in total. The largest absolute Gasteiger partial charge is 0.387 e. The van der Waals surface area contributed by atoms with E-state index in [1.165, 1.54) is 7.11 Å².